The van der Waals surface area contributed by atoms with Gasteiger partial charge in [-0.2, -0.15) is 0 Å². The van der Waals surface area contributed by atoms with E-state index < -0.39 is 5.97 Å². The van der Waals surface area contributed by atoms with Crippen molar-refractivity contribution in [3.05, 3.63) is 29.8 Å². The number of carbonyl (C=O) groups is 1. The number of likely N-dealkylation sites (N-methyl/N-ethyl adjacent to an activating group) is 1. The van der Waals surface area contributed by atoms with Gasteiger partial charge in [0.15, 0.2) is 6.61 Å². The van der Waals surface area contributed by atoms with E-state index in [9.17, 15) is 4.79 Å². The Balaban J connectivity index is 1.72. The van der Waals surface area contributed by atoms with Crippen molar-refractivity contribution in [3.63, 3.8) is 0 Å². The van der Waals surface area contributed by atoms with E-state index in [4.69, 9.17) is 9.84 Å². The second-order valence-corrected chi connectivity index (χ2v) is 7.80. The van der Waals surface area contributed by atoms with Crippen LogP contribution < -0.4 is 4.74 Å². The quantitative estimate of drug-likeness (QED) is 0.862. The maximum atomic E-state index is 10.8. The molecule has 6 nitrogen and oxygen atoms in total. The standard InChI is InChI=1S/C20H31N3O3/c1-21-12-8-20(9-13-21)16-23(11-5-10-22(20)2)14-17-6-3-4-7-18(17)26-15-19(24)25/h3-4,6-7H,5,8-16H2,1-2H3,(H,24,25). The lowest BCUT2D eigenvalue weighted by Crippen LogP contribution is -2.57. The molecule has 6 heteroatoms. The molecular weight excluding hydrogens is 330 g/mol. The Morgan fingerprint density at radius 3 is 2.62 bits per heavy atom. The van der Waals surface area contributed by atoms with E-state index >= 15 is 0 Å². The molecule has 0 atom stereocenters. The van der Waals surface area contributed by atoms with Crippen LogP contribution >= 0.6 is 0 Å². The highest BCUT2D eigenvalue weighted by atomic mass is 16.5. The fraction of sp³-hybridized carbons (Fsp3) is 0.650. The highest BCUT2D eigenvalue weighted by Gasteiger charge is 2.40. The van der Waals surface area contributed by atoms with Crippen LogP contribution in [0.5, 0.6) is 5.75 Å². The van der Waals surface area contributed by atoms with E-state index in [1.54, 1.807) is 0 Å². The minimum absolute atomic E-state index is 0.250. The molecule has 144 valence electrons. The fourth-order valence-corrected chi connectivity index (χ4v) is 4.25. The number of piperidine rings is 1. The highest BCUT2D eigenvalue weighted by molar-refractivity contribution is 5.68. The molecule has 2 saturated heterocycles. The molecule has 0 amide bonds. The minimum Gasteiger partial charge on any atom is -0.482 e. The second kappa shape index (κ2) is 8.37. The van der Waals surface area contributed by atoms with Gasteiger partial charge in [0.2, 0.25) is 0 Å². The number of hydrogen-bond donors (Lipinski definition) is 1. The van der Waals surface area contributed by atoms with Crippen molar-refractivity contribution in [1.82, 2.24) is 14.7 Å². The molecule has 0 unspecified atom stereocenters. The van der Waals surface area contributed by atoms with Crippen LogP contribution in [-0.2, 0) is 11.3 Å². The Labute approximate surface area is 156 Å². The van der Waals surface area contributed by atoms with Crippen molar-refractivity contribution >= 4 is 5.97 Å². The maximum absolute atomic E-state index is 10.8. The van der Waals surface area contributed by atoms with Crippen LogP contribution in [0, 0.1) is 0 Å². The van der Waals surface area contributed by atoms with Crippen LogP contribution in [0.15, 0.2) is 24.3 Å². The molecule has 0 radical (unpaired) electrons. The molecule has 0 aliphatic carbocycles. The van der Waals surface area contributed by atoms with Crippen molar-refractivity contribution in [1.29, 1.82) is 0 Å². The number of carboxylic acids is 1. The van der Waals surface area contributed by atoms with E-state index in [0.29, 0.717) is 5.75 Å². The summed E-state index contributed by atoms with van der Waals surface area (Å²) in [7, 11) is 4.48. The summed E-state index contributed by atoms with van der Waals surface area (Å²) in [5.74, 6) is -0.258. The molecule has 0 saturated carbocycles. The number of para-hydroxylation sites is 1. The third-order valence-corrected chi connectivity index (χ3v) is 5.93. The zero-order chi connectivity index (χ0) is 18.6. The number of likely N-dealkylation sites (tertiary alicyclic amines) is 1. The van der Waals surface area contributed by atoms with Gasteiger partial charge >= 0.3 is 5.97 Å². The first-order valence-electron chi connectivity index (χ1n) is 9.53. The fourth-order valence-electron chi connectivity index (χ4n) is 4.25. The molecule has 2 aliphatic heterocycles. The van der Waals surface area contributed by atoms with Gasteiger partial charge in [-0.3, -0.25) is 9.80 Å². The van der Waals surface area contributed by atoms with E-state index in [0.717, 1.165) is 51.3 Å². The van der Waals surface area contributed by atoms with Gasteiger partial charge < -0.3 is 14.7 Å². The molecule has 1 spiro atoms. The van der Waals surface area contributed by atoms with Gasteiger partial charge in [-0.05, 0) is 65.6 Å². The van der Waals surface area contributed by atoms with Crippen molar-refractivity contribution in [2.45, 2.75) is 31.3 Å². The summed E-state index contributed by atoms with van der Waals surface area (Å²) in [6.07, 6.45) is 3.56. The van der Waals surface area contributed by atoms with Crippen LogP contribution in [0.25, 0.3) is 0 Å². The number of hydrogen-bond acceptors (Lipinski definition) is 5. The van der Waals surface area contributed by atoms with Crippen LogP contribution in [0.2, 0.25) is 0 Å². The zero-order valence-electron chi connectivity index (χ0n) is 16.0. The van der Waals surface area contributed by atoms with Gasteiger partial charge in [0.1, 0.15) is 5.75 Å². The van der Waals surface area contributed by atoms with Gasteiger partial charge in [-0.15, -0.1) is 0 Å². The lowest BCUT2D eigenvalue weighted by Gasteiger charge is -2.47. The number of rotatable bonds is 5. The molecule has 2 aliphatic rings. The van der Waals surface area contributed by atoms with Gasteiger partial charge in [-0.25, -0.2) is 4.79 Å². The lowest BCUT2D eigenvalue weighted by atomic mass is 9.85. The molecule has 3 rings (SSSR count). The Bertz CT molecular complexity index is 614. The van der Waals surface area contributed by atoms with Crippen LogP contribution in [0.3, 0.4) is 0 Å². The Morgan fingerprint density at radius 1 is 1.15 bits per heavy atom. The first kappa shape index (κ1) is 19.1. The van der Waals surface area contributed by atoms with Crippen molar-refractivity contribution in [3.8, 4) is 5.75 Å². The van der Waals surface area contributed by atoms with Crippen molar-refractivity contribution < 1.29 is 14.6 Å². The first-order chi connectivity index (χ1) is 12.5. The second-order valence-electron chi connectivity index (χ2n) is 7.80. The minimum atomic E-state index is -0.943. The van der Waals surface area contributed by atoms with Crippen LogP contribution in [0.1, 0.15) is 24.8 Å². The third-order valence-electron chi connectivity index (χ3n) is 5.93. The Kier molecular flexibility index (Phi) is 6.16. The van der Waals surface area contributed by atoms with Crippen LogP contribution in [0.4, 0.5) is 0 Å². The van der Waals surface area contributed by atoms with Gasteiger partial charge in [-0.1, -0.05) is 18.2 Å². The van der Waals surface area contributed by atoms with E-state index in [1.165, 1.54) is 12.8 Å². The first-order valence-corrected chi connectivity index (χ1v) is 9.53. The normalized spacial score (nSPS) is 22.2. The molecule has 1 aromatic rings. The number of ether oxygens (including phenoxy) is 1. The van der Waals surface area contributed by atoms with Gasteiger partial charge in [0.05, 0.1) is 0 Å². The summed E-state index contributed by atoms with van der Waals surface area (Å²) in [4.78, 5) is 18.4. The van der Waals surface area contributed by atoms with E-state index in [2.05, 4.69) is 28.8 Å². The average Bonchev–Trinajstić information content (AvgIpc) is 2.76. The predicted molar refractivity (Wildman–Crippen MR) is 102 cm³/mol. The summed E-state index contributed by atoms with van der Waals surface area (Å²) >= 11 is 0. The third kappa shape index (κ3) is 4.55. The number of aliphatic carboxylic acids is 1. The molecule has 1 N–H and O–H groups in total. The Hall–Kier alpha value is -1.63. The zero-order valence-corrected chi connectivity index (χ0v) is 16.0. The summed E-state index contributed by atoms with van der Waals surface area (Å²) in [6, 6.07) is 7.81. The number of carboxylic acid groups (broad SMARTS) is 1. The highest BCUT2D eigenvalue weighted by Crippen LogP contribution is 2.32. The number of benzene rings is 1. The monoisotopic (exact) mass is 361 g/mol. The topological polar surface area (TPSA) is 56.3 Å². The molecule has 26 heavy (non-hydrogen) atoms. The molecule has 0 bridgehead atoms. The van der Waals surface area contributed by atoms with E-state index in [-0.39, 0.29) is 12.1 Å². The predicted octanol–water partition coefficient (Wildman–Crippen LogP) is 1.75. The summed E-state index contributed by atoms with van der Waals surface area (Å²) in [5.41, 5.74) is 1.32. The van der Waals surface area contributed by atoms with Crippen LogP contribution in [-0.4, -0.2) is 84.7 Å². The summed E-state index contributed by atoms with van der Waals surface area (Å²) < 4.78 is 5.50. The van der Waals surface area contributed by atoms with Crippen molar-refractivity contribution in [2.24, 2.45) is 0 Å². The molecule has 0 aromatic heterocycles. The molecular formula is C20H31N3O3. The molecule has 2 heterocycles. The largest absolute Gasteiger partial charge is 0.482 e. The summed E-state index contributed by atoms with van der Waals surface area (Å²) in [5, 5.41) is 8.90. The van der Waals surface area contributed by atoms with Gasteiger partial charge in [0.25, 0.3) is 0 Å². The van der Waals surface area contributed by atoms with Gasteiger partial charge in [0, 0.05) is 24.2 Å². The Morgan fingerprint density at radius 2 is 1.88 bits per heavy atom. The SMILES string of the molecule is CN1CCC2(CC1)CN(Cc1ccccc1OCC(=O)O)CCCN2C. The lowest BCUT2D eigenvalue weighted by molar-refractivity contribution is -0.139. The molecule has 2 fully saturated rings. The average molecular weight is 361 g/mol. The van der Waals surface area contributed by atoms with E-state index in [1.807, 2.05) is 24.3 Å². The smallest absolute Gasteiger partial charge is 0.341 e. The number of nitrogens with zero attached hydrogens (tertiary/aromatic N) is 3. The summed E-state index contributed by atoms with van der Waals surface area (Å²) in [6.45, 7) is 6.07. The van der Waals surface area contributed by atoms with Crippen molar-refractivity contribution in [2.75, 3.05) is 53.4 Å². The maximum Gasteiger partial charge on any atom is 0.341 e. The molecule has 1 aromatic carbocycles.